The molecule has 4 aromatic rings. The Morgan fingerprint density at radius 1 is 1.16 bits per heavy atom. The number of aromatic nitrogens is 2. The minimum atomic E-state index is -0.609. The number of halogens is 2. The molecule has 32 heavy (non-hydrogen) atoms. The van der Waals surface area contributed by atoms with E-state index in [1.165, 1.54) is 16.8 Å². The Balaban J connectivity index is 0.00000289. The Morgan fingerprint density at radius 3 is 2.69 bits per heavy atom. The molecule has 0 saturated heterocycles. The van der Waals surface area contributed by atoms with Gasteiger partial charge in [0.25, 0.3) is 0 Å². The van der Waals surface area contributed by atoms with Gasteiger partial charge in [-0.3, -0.25) is 4.99 Å². The van der Waals surface area contributed by atoms with Crippen LogP contribution in [0.4, 0.5) is 4.39 Å². The molecule has 0 fully saturated rings. The van der Waals surface area contributed by atoms with Crippen LogP contribution in [0.25, 0.3) is 15.8 Å². The Labute approximate surface area is 207 Å². The van der Waals surface area contributed by atoms with Crippen molar-refractivity contribution in [3.63, 3.8) is 0 Å². The number of aliphatic hydroxyl groups excluding tert-OH is 1. The molecule has 0 amide bonds. The van der Waals surface area contributed by atoms with Gasteiger partial charge in [-0.25, -0.2) is 9.07 Å². The van der Waals surface area contributed by atoms with Crippen LogP contribution < -0.4 is 10.6 Å². The average molecular weight is 565 g/mol. The Morgan fingerprint density at radius 2 is 1.94 bits per heavy atom. The van der Waals surface area contributed by atoms with Gasteiger partial charge in [-0.05, 0) is 47.9 Å². The first-order chi connectivity index (χ1) is 15.1. The summed E-state index contributed by atoms with van der Waals surface area (Å²) >= 11 is 1.60. The van der Waals surface area contributed by atoms with Crippen LogP contribution in [-0.2, 0) is 6.42 Å². The molecular weight excluding hydrogens is 540 g/mol. The maximum Gasteiger partial charge on any atom is 0.191 e. The quantitative estimate of drug-likeness (QED) is 0.178. The van der Waals surface area contributed by atoms with Crippen molar-refractivity contribution in [3.05, 3.63) is 83.2 Å². The maximum absolute atomic E-state index is 13.1. The first kappa shape index (κ1) is 24.1. The summed E-state index contributed by atoms with van der Waals surface area (Å²) in [5.41, 5.74) is 1.73. The molecule has 0 bridgehead atoms. The summed E-state index contributed by atoms with van der Waals surface area (Å²) in [5, 5.41) is 22.6. The molecule has 168 valence electrons. The molecule has 6 nitrogen and oxygen atoms in total. The highest BCUT2D eigenvalue weighted by Crippen LogP contribution is 2.29. The second-order valence-corrected chi connectivity index (χ2v) is 8.18. The fourth-order valence-corrected chi connectivity index (χ4v) is 4.27. The highest BCUT2D eigenvalue weighted by Gasteiger charge is 2.12. The molecule has 4 rings (SSSR count). The van der Waals surface area contributed by atoms with E-state index in [0.717, 1.165) is 21.6 Å². The Kier molecular flexibility index (Phi) is 8.60. The smallest absolute Gasteiger partial charge is 0.191 e. The van der Waals surface area contributed by atoms with E-state index in [4.69, 9.17) is 0 Å². The molecule has 0 saturated carbocycles. The monoisotopic (exact) mass is 565 g/mol. The van der Waals surface area contributed by atoms with Crippen LogP contribution in [0, 0.1) is 5.82 Å². The first-order valence-corrected chi connectivity index (χ1v) is 10.9. The number of nitrogens with zero attached hydrogens (tertiary/aromatic N) is 3. The molecule has 9 heteroatoms. The van der Waals surface area contributed by atoms with Gasteiger partial charge in [0.05, 0.1) is 11.4 Å². The zero-order valence-corrected chi connectivity index (χ0v) is 20.7. The lowest BCUT2D eigenvalue weighted by molar-refractivity contribution is 0.184. The molecule has 0 aliphatic heterocycles. The number of hydrogen-bond donors (Lipinski definition) is 3. The van der Waals surface area contributed by atoms with Crippen molar-refractivity contribution in [2.45, 2.75) is 12.5 Å². The van der Waals surface area contributed by atoms with E-state index in [-0.39, 0.29) is 29.8 Å². The van der Waals surface area contributed by atoms with Crippen LogP contribution >= 0.6 is 35.3 Å². The highest BCUT2D eigenvalue weighted by molar-refractivity contribution is 14.0. The number of fused-ring (bicyclic) bond motifs is 1. The second-order valence-electron chi connectivity index (χ2n) is 7.06. The van der Waals surface area contributed by atoms with Gasteiger partial charge in [0.1, 0.15) is 11.9 Å². The van der Waals surface area contributed by atoms with Crippen LogP contribution in [0.3, 0.4) is 0 Å². The molecule has 1 unspecified atom stereocenters. The average Bonchev–Trinajstić information content (AvgIpc) is 3.43. The third-order valence-corrected chi connectivity index (χ3v) is 6.09. The van der Waals surface area contributed by atoms with Crippen molar-refractivity contribution in [2.24, 2.45) is 4.99 Å². The van der Waals surface area contributed by atoms with E-state index >= 15 is 0 Å². The van der Waals surface area contributed by atoms with E-state index in [9.17, 15) is 9.50 Å². The molecule has 0 radical (unpaired) electrons. The summed E-state index contributed by atoms with van der Waals surface area (Å²) in [6.45, 7) is 1.00. The number of hydrogen-bond acceptors (Lipinski definition) is 4. The van der Waals surface area contributed by atoms with E-state index in [1.807, 2.05) is 36.5 Å². The third-order valence-electron chi connectivity index (χ3n) is 4.87. The molecular formula is C23H25FIN5OS. The molecule has 1 atom stereocenters. The number of benzene rings is 2. The Hall–Kier alpha value is -2.50. The summed E-state index contributed by atoms with van der Waals surface area (Å²) < 4.78 is 16.0. The predicted molar refractivity (Wildman–Crippen MR) is 139 cm³/mol. The SMILES string of the molecule is CN=C(NCCc1ccn(-c2ccc(F)cc2)n1)NCC(O)c1cc2ccccc2s1.I. The van der Waals surface area contributed by atoms with Crippen molar-refractivity contribution in [1.82, 2.24) is 20.4 Å². The van der Waals surface area contributed by atoms with E-state index in [2.05, 4.69) is 26.8 Å². The van der Waals surface area contributed by atoms with Crippen LogP contribution in [-0.4, -0.2) is 41.0 Å². The van der Waals surface area contributed by atoms with Crippen LogP contribution in [0.15, 0.2) is 71.9 Å². The van der Waals surface area contributed by atoms with Crippen LogP contribution in [0.2, 0.25) is 0 Å². The lowest BCUT2D eigenvalue weighted by atomic mass is 10.2. The largest absolute Gasteiger partial charge is 0.386 e. The fraction of sp³-hybridized carbons (Fsp3) is 0.217. The van der Waals surface area contributed by atoms with Crippen molar-refractivity contribution in [2.75, 3.05) is 20.1 Å². The number of guanidine groups is 1. The standard InChI is InChI=1S/C23H24FN5OS.HI/c1-25-23(27-15-20(30)22-14-16-4-2-3-5-21(16)31-22)26-12-10-18-11-13-29(28-18)19-8-6-17(24)7-9-19;/h2-9,11,13-14,20,30H,10,12,15H2,1H3,(H2,25,26,27);1H. The molecule has 2 heterocycles. The van der Waals surface area contributed by atoms with E-state index < -0.39 is 6.10 Å². The lowest BCUT2D eigenvalue weighted by Crippen LogP contribution is -2.40. The van der Waals surface area contributed by atoms with Gasteiger partial charge in [-0.15, -0.1) is 35.3 Å². The summed E-state index contributed by atoms with van der Waals surface area (Å²) in [4.78, 5) is 5.14. The summed E-state index contributed by atoms with van der Waals surface area (Å²) in [6.07, 6.45) is 1.95. The van der Waals surface area contributed by atoms with Gasteiger partial charge in [-0.1, -0.05) is 18.2 Å². The molecule has 2 aromatic heterocycles. The normalized spacial score (nSPS) is 12.4. The predicted octanol–water partition coefficient (Wildman–Crippen LogP) is 4.29. The van der Waals surface area contributed by atoms with Crippen molar-refractivity contribution in [1.29, 1.82) is 0 Å². The molecule has 2 aromatic carbocycles. The molecule has 0 aliphatic carbocycles. The van der Waals surface area contributed by atoms with Gasteiger partial charge in [0.15, 0.2) is 5.96 Å². The number of aliphatic imine (C=N–C) groups is 1. The third kappa shape index (κ3) is 6.05. The minimum Gasteiger partial charge on any atom is -0.386 e. The van der Waals surface area contributed by atoms with Crippen molar-refractivity contribution in [3.8, 4) is 5.69 Å². The van der Waals surface area contributed by atoms with Crippen LogP contribution in [0.5, 0.6) is 0 Å². The number of rotatable bonds is 7. The van der Waals surface area contributed by atoms with E-state index in [1.54, 1.807) is 35.2 Å². The number of thiophene rings is 1. The lowest BCUT2D eigenvalue weighted by Gasteiger charge is -2.14. The summed E-state index contributed by atoms with van der Waals surface area (Å²) in [5.74, 6) is 0.356. The highest BCUT2D eigenvalue weighted by atomic mass is 127. The topological polar surface area (TPSA) is 74.5 Å². The minimum absolute atomic E-state index is 0. The van der Waals surface area contributed by atoms with Gasteiger partial charge in [-0.2, -0.15) is 5.10 Å². The zero-order valence-electron chi connectivity index (χ0n) is 17.5. The van der Waals surface area contributed by atoms with Crippen LogP contribution in [0.1, 0.15) is 16.7 Å². The fourth-order valence-electron chi connectivity index (χ4n) is 3.22. The molecule has 0 aliphatic rings. The number of nitrogens with one attached hydrogen (secondary N) is 2. The van der Waals surface area contributed by atoms with Gasteiger partial charge in [0.2, 0.25) is 0 Å². The van der Waals surface area contributed by atoms with E-state index in [0.29, 0.717) is 25.5 Å². The Bertz CT molecular complexity index is 1140. The molecule has 3 N–H and O–H groups in total. The summed E-state index contributed by atoms with van der Waals surface area (Å²) in [7, 11) is 1.70. The molecule has 0 spiro atoms. The van der Waals surface area contributed by atoms with Gasteiger partial charge in [0, 0.05) is 42.3 Å². The zero-order chi connectivity index (χ0) is 21.6. The summed E-state index contributed by atoms with van der Waals surface area (Å²) in [6, 6.07) is 18.3. The van der Waals surface area contributed by atoms with Crippen molar-refractivity contribution < 1.29 is 9.50 Å². The van der Waals surface area contributed by atoms with Crippen molar-refractivity contribution >= 4 is 51.4 Å². The van der Waals surface area contributed by atoms with Gasteiger partial charge < -0.3 is 15.7 Å². The van der Waals surface area contributed by atoms with Gasteiger partial charge >= 0.3 is 0 Å². The second kappa shape index (κ2) is 11.4. The first-order valence-electron chi connectivity index (χ1n) is 10.0. The number of aliphatic hydroxyl groups is 1. The maximum atomic E-state index is 13.1.